The minimum atomic E-state index is -0.445. The molecule has 0 amide bonds. The van der Waals surface area contributed by atoms with Gasteiger partial charge in [-0.1, -0.05) is 13.8 Å². The molecule has 1 unspecified atom stereocenters. The maximum atomic E-state index is 10.5. The SMILES string of the molecule is Cn1cc(CCC2(O)CCC(C)(C)C2)cn1. The van der Waals surface area contributed by atoms with Crippen LogP contribution in [0.1, 0.15) is 45.1 Å². The monoisotopic (exact) mass is 222 g/mol. The molecular weight excluding hydrogens is 200 g/mol. The van der Waals surface area contributed by atoms with E-state index in [0.717, 1.165) is 32.1 Å². The summed E-state index contributed by atoms with van der Waals surface area (Å²) in [6, 6.07) is 0. The molecule has 90 valence electrons. The van der Waals surface area contributed by atoms with Crippen molar-refractivity contribution in [1.29, 1.82) is 0 Å². The highest BCUT2D eigenvalue weighted by atomic mass is 16.3. The topological polar surface area (TPSA) is 38.0 Å². The molecular formula is C13H22N2O. The van der Waals surface area contributed by atoms with E-state index in [1.807, 2.05) is 24.1 Å². The van der Waals surface area contributed by atoms with Gasteiger partial charge in [-0.3, -0.25) is 4.68 Å². The van der Waals surface area contributed by atoms with Crippen molar-refractivity contribution in [3.05, 3.63) is 18.0 Å². The van der Waals surface area contributed by atoms with Crippen LogP contribution in [-0.4, -0.2) is 20.5 Å². The fourth-order valence-electron chi connectivity index (χ4n) is 2.83. The first-order valence-corrected chi connectivity index (χ1v) is 6.09. The first-order valence-electron chi connectivity index (χ1n) is 6.09. The summed E-state index contributed by atoms with van der Waals surface area (Å²) in [5, 5.41) is 14.6. The molecule has 3 heteroatoms. The van der Waals surface area contributed by atoms with Crippen molar-refractivity contribution in [3.8, 4) is 0 Å². The third-order valence-electron chi connectivity index (χ3n) is 3.71. The molecule has 0 aliphatic heterocycles. The second-order valence-electron chi connectivity index (χ2n) is 6.09. The highest BCUT2D eigenvalue weighted by molar-refractivity contribution is 5.06. The zero-order valence-electron chi connectivity index (χ0n) is 10.5. The summed E-state index contributed by atoms with van der Waals surface area (Å²) >= 11 is 0. The van der Waals surface area contributed by atoms with Crippen molar-refractivity contribution in [2.75, 3.05) is 0 Å². The molecule has 1 aromatic rings. The van der Waals surface area contributed by atoms with E-state index in [1.165, 1.54) is 5.56 Å². The van der Waals surface area contributed by atoms with Crippen LogP contribution >= 0.6 is 0 Å². The summed E-state index contributed by atoms with van der Waals surface area (Å²) in [6.07, 6.45) is 8.73. The Hall–Kier alpha value is -0.830. The smallest absolute Gasteiger partial charge is 0.0656 e. The molecule has 3 nitrogen and oxygen atoms in total. The Balaban J connectivity index is 1.91. The van der Waals surface area contributed by atoms with E-state index >= 15 is 0 Å². The van der Waals surface area contributed by atoms with Gasteiger partial charge in [0.05, 0.1) is 11.8 Å². The van der Waals surface area contributed by atoms with Gasteiger partial charge in [0, 0.05) is 13.2 Å². The number of rotatable bonds is 3. The lowest BCUT2D eigenvalue weighted by molar-refractivity contribution is 0.0292. The number of aromatic nitrogens is 2. The predicted octanol–water partition coefficient (Wildman–Crippen LogP) is 2.29. The number of aliphatic hydroxyl groups is 1. The second kappa shape index (κ2) is 3.88. The summed E-state index contributed by atoms with van der Waals surface area (Å²) in [4.78, 5) is 0. The molecule has 0 radical (unpaired) electrons. The molecule has 1 N–H and O–H groups in total. The summed E-state index contributed by atoms with van der Waals surface area (Å²) in [6.45, 7) is 4.49. The standard InChI is InChI=1S/C13H22N2O/c1-12(2)6-7-13(16,10-12)5-4-11-8-14-15(3)9-11/h8-9,16H,4-7,10H2,1-3H3. The van der Waals surface area contributed by atoms with E-state index in [0.29, 0.717) is 5.41 Å². The van der Waals surface area contributed by atoms with Crippen LogP contribution in [0.3, 0.4) is 0 Å². The molecule has 1 saturated carbocycles. The van der Waals surface area contributed by atoms with Crippen molar-refractivity contribution in [2.45, 2.75) is 51.6 Å². The van der Waals surface area contributed by atoms with Gasteiger partial charge in [-0.05, 0) is 43.1 Å². The molecule has 0 bridgehead atoms. The van der Waals surface area contributed by atoms with E-state index < -0.39 is 5.60 Å². The van der Waals surface area contributed by atoms with Crippen LogP contribution in [0.5, 0.6) is 0 Å². The summed E-state index contributed by atoms with van der Waals surface area (Å²) in [5.74, 6) is 0. The Morgan fingerprint density at radius 3 is 2.69 bits per heavy atom. The Labute approximate surface area is 97.5 Å². The maximum Gasteiger partial charge on any atom is 0.0656 e. The van der Waals surface area contributed by atoms with Crippen molar-refractivity contribution in [3.63, 3.8) is 0 Å². The molecule has 0 spiro atoms. The minimum Gasteiger partial charge on any atom is -0.390 e. The van der Waals surface area contributed by atoms with Crippen LogP contribution in [0.15, 0.2) is 12.4 Å². The van der Waals surface area contributed by atoms with E-state index in [-0.39, 0.29) is 0 Å². The Bertz CT molecular complexity index is 370. The van der Waals surface area contributed by atoms with Gasteiger partial charge < -0.3 is 5.11 Å². The first kappa shape index (κ1) is 11.6. The second-order valence-corrected chi connectivity index (χ2v) is 6.09. The lowest BCUT2D eigenvalue weighted by Crippen LogP contribution is -2.26. The zero-order chi connectivity index (χ0) is 11.8. The Morgan fingerprint density at radius 2 is 2.19 bits per heavy atom. The van der Waals surface area contributed by atoms with Gasteiger partial charge in [0.25, 0.3) is 0 Å². The Morgan fingerprint density at radius 1 is 1.44 bits per heavy atom. The van der Waals surface area contributed by atoms with Crippen LogP contribution in [0.4, 0.5) is 0 Å². The van der Waals surface area contributed by atoms with Gasteiger partial charge in [0.2, 0.25) is 0 Å². The molecule has 0 saturated heterocycles. The molecule has 2 rings (SSSR count). The summed E-state index contributed by atoms with van der Waals surface area (Å²) < 4.78 is 1.82. The molecule has 1 aliphatic rings. The fraction of sp³-hybridized carbons (Fsp3) is 0.769. The van der Waals surface area contributed by atoms with Crippen LogP contribution in [-0.2, 0) is 13.5 Å². The van der Waals surface area contributed by atoms with Gasteiger partial charge in [0.1, 0.15) is 0 Å². The van der Waals surface area contributed by atoms with Gasteiger partial charge >= 0.3 is 0 Å². The number of hydrogen-bond acceptors (Lipinski definition) is 2. The van der Waals surface area contributed by atoms with Crippen molar-refractivity contribution in [2.24, 2.45) is 12.5 Å². The average molecular weight is 222 g/mol. The molecule has 1 aliphatic carbocycles. The van der Waals surface area contributed by atoms with Crippen LogP contribution in [0.2, 0.25) is 0 Å². The molecule has 0 aromatic carbocycles. The van der Waals surface area contributed by atoms with Crippen LogP contribution < -0.4 is 0 Å². The van der Waals surface area contributed by atoms with E-state index in [9.17, 15) is 5.11 Å². The first-order chi connectivity index (χ1) is 7.39. The van der Waals surface area contributed by atoms with E-state index in [1.54, 1.807) is 0 Å². The largest absolute Gasteiger partial charge is 0.390 e. The average Bonchev–Trinajstić information content (AvgIpc) is 2.69. The van der Waals surface area contributed by atoms with Gasteiger partial charge in [-0.2, -0.15) is 5.10 Å². The van der Waals surface area contributed by atoms with E-state index in [2.05, 4.69) is 18.9 Å². The molecule has 1 atom stereocenters. The molecule has 16 heavy (non-hydrogen) atoms. The van der Waals surface area contributed by atoms with Gasteiger partial charge in [-0.15, -0.1) is 0 Å². The third-order valence-corrected chi connectivity index (χ3v) is 3.71. The zero-order valence-corrected chi connectivity index (χ0v) is 10.5. The summed E-state index contributed by atoms with van der Waals surface area (Å²) in [7, 11) is 1.93. The van der Waals surface area contributed by atoms with Crippen LogP contribution in [0.25, 0.3) is 0 Å². The number of nitrogens with zero attached hydrogens (tertiary/aromatic N) is 2. The normalized spacial score (nSPS) is 28.5. The minimum absolute atomic E-state index is 0.309. The highest BCUT2D eigenvalue weighted by Gasteiger charge is 2.41. The van der Waals surface area contributed by atoms with Crippen LogP contribution in [0, 0.1) is 5.41 Å². The maximum absolute atomic E-state index is 10.5. The van der Waals surface area contributed by atoms with Crippen molar-refractivity contribution < 1.29 is 5.11 Å². The van der Waals surface area contributed by atoms with E-state index in [4.69, 9.17) is 0 Å². The van der Waals surface area contributed by atoms with Crippen molar-refractivity contribution >= 4 is 0 Å². The molecule has 1 fully saturated rings. The van der Waals surface area contributed by atoms with Gasteiger partial charge in [-0.25, -0.2) is 0 Å². The third kappa shape index (κ3) is 2.64. The summed E-state index contributed by atoms with van der Waals surface area (Å²) in [5.41, 5.74) is 1.09. The molecule has 1 aromatic heterocycles. The lowest BCUT2D eigenvalue weighted by atomic mass is 9.87. The van der Waals surface area contributed by atoms with Gasteiger partial charge in [0.15, 0.2) is 0 Å². The highest BCUT2D eigenvalue weighted by Crippen LogP contribution is 2.45. The Kier molecular flexibility index (Phi) is 2.82. The fourth-order valence-corrected chi connectivity index (χ4v) is 2.83. The lowest BCUT2D eigenvalue weighted by Gasteiger charge is -2.24. The predicted molar refractivity (Wildman–Crippen MR) is 64.1 cm³/mol. The quantitative estimate of drug-likeness (QED) is 0.852. The number of hydrogen-bond donors (Lipinski definition) is 1. The number of aryl methyl sites for hydroxylation is 2. The van der Waals surface area contributed by atoms with Crippen molar-refractivity contribution in [1.82, 2.24) is 9.78 Å². The molecule has 1 heterocycles.